The lowest BCUT2D eigenvalue weighted by molar-refractivity contribution is 0.217. The summed E-state index contributed by atoms with van der Waals surface area (Å²) in [5.74, 6) is 0.718. The number of likely N-dealkylation sites (N-methyl/N-ethyl adjacent to an activating group) is 2. The van der Waals surface area contributed by atoms with E-state index in [0.29, 0.717) is 6.54 Å². The van der Waals surface area contributed by atoms with Gasteiger partial charge in [0.15, 0.2) is 0 Å². The molecule has 1 aromatic carbocycles. The Morgan fingerprint density at radius 1 is 1.17 bits per heavy atom. The fraction of sp³-hybridized carbons (Fsp3) is 0.412. The first-order valence-corrected chi connectivity index (χ1v) is 7.66. The van der Waals surface area contributed by atoms with Gasteiger partial charge in [0.25, 0.3) is 0 Å². The maximum absolute atomic E-state index is 12.4. The second-order valence-electron chi connectivity index (χ2n) is 5.95. The summed E-state index contributed by atoms with van der Waals surface area (Å²) in [6.07, 6.45) is 0. The number of amides is 2. The molecule has 0 saturated carbocycles. The summed E-state index contributed by atoms with van der Waals surface area (Å²) in [4.78, 5) is 16.2. The van der Waals surface area contributed by atoms with Crippen LogP contribution in [-0.2, 0) is 7.05 Å². The Labute approximate surface area is 137 Å². The maximum Gasteiger partial charge on any atom is 0.322 e. The van der Waals surface area contributed by atoms with Crippen LogP contribution >= 0.6 is 0 Å². The van der Waals surface area contributed by atoms with Crippen molar-refractivity contribution >= 4 is 11.8 Å². The van der Waals surface area contributed by atoms with Crippen LogP contribution in [0.15, 0.2) is 30.3 Å². The van der Waals surface area contributed by atoms with Crippen LogP contribution in [0.1, 0.15) is 5.69 Å². The third-order valence-electron chi connectivity index (χ3n) is 3.74. The summed E-state index contributed by atoms with van der Waals surface area (Å²) in [6, 6.07) is 9.85. The maximum atomic E-state index is 12.4. The van der Waals surface area contributed by atoms with E-state index in [4.69, 9.17) is 0 Å². The fourth-order valence-electron chi connectivity index (χ4n) is 2.40. The first-order chi connectivity index (χ1) is 10.9. The van der Waals surface area contributed by atoms with Crippen LogP contribution < -0.4 is 5.32 Å². The first-order valence-electron chi connectivity index (χ1n) is 7.66. The zero-order valence-corrected chi connectivity index (χ0v) is 14.5. The molecule has 1 aromatic heterocycles. The Kier molecular flexibility index (Phi) is 5.39. The fourth-order valence-corrected chi connectivity index (χ4v) is 2.40. The van der Waals surface area contributed by atoms with Crippen molar-refractivity contribution < 1.29 is 4.79 Å². The van der Waals surface area contributed by atoms with Gasteiger partial charge in [-0.05, 0) is 26.6 Å². The monoisotopic (exact) mass is 315 g/mol. The molecule has 0 fully saturated rings. The van der Waals surface area contributed by atoms with Crippen molar-refractivity contribution in [2.75, 3.05) is 39.5 Å². The molecule has 0 aliphatic heterocycles. The van der Waals surface area contributed by atoms with Crippen molar-refractivity contribution in [3.8, 4) is 11.1 Å². The first kappa shape index (κ1) is 17.0. The Balaban J connectivity index is 2.22. The molecule has 1 N–H and O–H groups in total. The molecule has 0 saturated heterocycles. The summed E-state index contributed by atoms with van der Waals surface area (Å²) in [6.45, 7) is 3.43. The van der Waals surface area contributed by atoms with Crippen LogP contribution in [0.4, 0.5) is 10.6 Å². The molecule has 2 rings (SSSR count). The van der Waals surface area contributed by atoms with Crippen LogP contribution in [0.25, 0.3) is 11.1 Å². The van der Waals surface area contributed by atoms with E-state index in [-0.39, 0.29) is 6.03 Å². The van der Waals surface area contributed by atoms with Gasteiger partial charge in [0.2, 0.25) is 0 Å². The number of rotatable bonds is 5. The number of nitrogens with zero attached hydrogens (tertiary/aromatic N) is 4. The van der Waals surface area contributed by atoms with E-state index in [1.807, 2.05) is 63.3 Å². The molecule has 6 heteroatoms. The number of nitrogens with one attached hydrogen (secondary N) is 1. The van der Waals surface area contributed by atoms with Gasteiger partial charge in [-0.25, -0.2) is 4.79 Å². The lowest BCUT2D eigenvalue weighted by Crippen LogP contribution is -2.36. The zero-order valence-electron chi connectivity index (χ0n) is 14.5. The van der Waals surface area contributed by atoms with E-state index in [9.17, 15) is 4.79 Å². The van der Waals surface area contributed by atoms with Crippen molar-refractivity contribution in [3.63, 3.8) is 0 Å². The Morgan fingerprint density at radius 3 is 2.43 bits per heavy atom. The number of aromatic nitrogens is 2. The van der Waals surface area contributed by atoms with Gasteiger partial charge in [-0.15, -0.1) is 0 Å². The second-order valence-corrected chi connectivity index (χ2v) is 5.95. The highest BCUT2D eigenvalue weighted by atomic mass is 16.2. The number of hydrogen-bond donors (Lipinski definition) is 1. The lowest BCUT2D eigenvalue weighted by atomic mass is 10.1. The summed E-state index contributed by atoms with van der Waals surface area (Å²) < 4.78 is 1.72. The summed E-state index contributed by atoms with van der Waals surface area (Å²) in [7, 11) is 7.62. The smallest absolute Gasteiger partial charge is 0.322 e. The third-order valence-corrected chi connectivity index (χ3v) is 3.74. The summed E-state index contributed by atoms with van der Waals surface area (Å²) >= 11 is 0. The number of anilines is 1. The standard InChI is InChI=1S/C17H25N5O/c1-13-15(14-9-7-6-8-10-14)16(22(5)19-13)18-17(23)21(4)12-11-20(2)3/h6-10H,11-12H2,1-5H3,(H,18,23). The highest BCUT2D eigenvalue weighted by Crippen LogP contribution is 2.30. The van der Waals surface area contributed by atoms with Gasteiger partial charge in [-0.1, -0.05) is 30.3 Å². The van der Waals surface area contributed by atoms with Crippen LogP contribution in [-0.4, -0.2) is 59.8 Å². The molecular weight excluding hydrogens is 290 g/mol. The molecule has 0 atom stereocenters. The zero-order chi connectivity index (χ0) is 17.0. The van der Waals surface area contributed by atoms with Gasteiger partial charge in [-0.2, -0.15) is 5.10 Å². The number of carbonyl (C=O) groups excluding carboxylic acids is 1. The molecule has 0 aliphatic rings. The summed E-state index contributed by atoms with van der Waals surface area (Å²) in [5, 5.41) is 7.44. The van der Waals surface area contributed by atoms with Crippen LogP contribution in [0.2, 0.25) is 0 Å². The number of hydrogen-bond acceptors (Lipinski definition) is 3. The minimum Gasteiger partial charge on any atom is -0.326 e. The predicted octanol–water partition coefficient (Wildman–Crippen LogP) is 2.42. The number of carbonyl (C=O) groups is 1. The molecule has 124 valence electrons. The number of urea groups is 1. The molecule has 2 aromatic rings. The Hall–Kier alpha value is -2.34. The molecule has 0 aliphatic carbocycles. The SMILES string of the molecule is Cc1nn(C)c(NC(=O)N(C)CCN(C)C)c1-c1ccccc1. The minimum atomic E-state index is -0.132. The van der Waals surface area contributed by atoms with Gasteiger partial charge in [0.1, 0.15) is 5.82 Å². The minimum absolute atomic E-state index is 0.132. The quantitative estimate of drug-likeness (QED) is 0.922. The third kappa shape index (κ3) is 4.10. The van der Waals surface area contributed by atoms with Crippen LogP contribution in [0, 0.1) is 6.92 Å². The molecule has 0 spiro atoms. The van der Waals surface area contributed by atoms with E-state index in [1.165, 1.54) is 0 Å². The van der Waals surface area contributed by atoms with Gasteiger partial charge in [0, 0.05) is 32.7 Å². The van der Waals surface area contributed by atoms with Gasteiger partial charge < -0.3 is 9.80 Å². The van der Waals surface area contributed by atoms with E-state index < -0.39 is 0 Å². The van der Waals surface area contributed by atoms with Gasteiger partial charge in [0.05, 0.1) is 5.69 Å². The predicted molar refractivity (Wildman–Crippen MR) is 93.6 cm³/mol. The van der Waals surface area contributed by atoms with Crippen molar-refractivity contribution in [1.82, 2.24) is 19.6 Å². The van der Waals surface area contributed by atoms with E-state index in [1.54, 1.807) is 16.6 Å². The summed E-state index contributed by atoms with van der Waals surface area (Å²) in [5.41, 5.74) is 2.90. The molecule has 0 bridgehead atoms. The van der Waals surface area contributed by atoms with Crippen molar-refractivity contribution in [1.29, 1.82) is 0 Å². The molecule has 2 amide bonds. The van der Waals surface area contributed by atoms with Crippen molar-refractivity contribution in [2.45, 2.75) is 6.92 Å². The van der Waals surface area contributed by atoms with E-state index >= 15 is 0 Å². The largest absolute Gasteiger partial charge is 0.326 e. The normalized spacial score (nSPS) is 10.9. The average Bonchev–Trinajstić information content (AvgIpc) is 2.79. The van der Waals surface area contributed by atoms with Crippen LogP contribution in [0.3, 0.4) is 0 Å². The molecule has 1 heterocycles. The van der Waals surface area contributed by atoms with Crippen LogP contribution in [0.5, 0.6) is 0 Å². The molecule has 6 nitrogen and oxygen atoms in total. The lowest BCUT2D eigenvalue weighted by Gasteiger charge is -2.20. The van der Waals surface area contributed by atoms with Gasteiger partial charge in [-0.3, -0.25) is 10.00 Å². The number of benzene rings is 1. The van der Waals surface area contributed by atoms with Crippen molar-refractivity contribution in [3.05, 3.63) is 36.0 Å². The highest BCUT2D eigenvalue weighted by Gasteiger charge is 2.18. The molecule has 0 unspecified atom stereocenters. The Morgan fingerprint density at radius 2 is 1.83 bits per heavy atom. The Bertz CT molecular complexity index is 663. The van der Waals surface area contributed by atoms with Crippen molar-refractivity contribution in [2.24, 2.45) is 7.05 Å². The average molecular weight is 315 g/mol. The van der Waals surface area contributed by atoms with E-state index in [0.717, 1.165) is 29.2 Å². The molecular formula is C17H25N5O. The highest BCUT2D eigenvalue weighted by molar-refractivity contribution is 5.93. The van der Waals surface area contributed by atoms with E-state index in [2.05, 4.69) is 10.4 Å². The molecule has 23 heavy (non-hydrogen) atoms. The van der Waals surface area contributed by atoms with Gasteiger partial charge >= 0.3 is 6.03 Å². The second kappa shape index (κ2) is 7.28. The number of aryl methyl sites for hydroxylation is 2. The molecule has 0 radical (unpaired) electrons. The topological polar surface area (TPSA) is 53.4 Å².